The molecule has 0 aromatic rings. The molecule has 6 heteroatoms. The maximum absolute atomic E-state index is 11.5. The molecule has 2 N–H and O–H groups in total. The number of carbonyl (C=O) groups is 1. The van der Waals surface area contributed by atoms with Gasteiger partial charge in [0, 0.05) is 26.2 Å². The number of hydrogen-bond acceptors (Lipinski definition) is 5. The second kappa shape index (κ2) is 7.97. The van der Waals surface area contributed by atoms with Crippen molar-refractivity contribution in [2.24, 2.45) is 4.99 Å². The second-order valence-electron chi connectivity index (χ2n) is 5.90. The molecule has 0 saturated heterocycles. The highest BCUT2D eigenvalue weighted by atomic mass is 16.6. The van der Waals surface area contributed by atoms with Crippen molar-refractivity contribution in [2.45, 2.75) is 46.1 Å². The van der Waals surface area contributed by atoms with E-state index in [1.807, 2.05) is 20.8 Å². The lowest BCUT2D eigenvalue weighted by Crippen LogP contribution is -2.41. The van der Waals surface area contributed by atoms with Crippen LogP contribution in [0.5, 0.6) is 0 Å². The zero-order valence-electron chi connectivity index (χ0n) is 13.2. The first kappa shape index (κ1) is 16.6. The van der Waals surface area contributed by atoms with Crippen LogP contribution >= 0.6 is 0 Å². The Hall–Kier alpha value is -1.46. The van der Waals surface area contributed by atoms with Gasteiger partial charge in [-0.2, -0.15) is 0 Å². The fraction of sp³-hybridized carbons (Fsp3) is 0.857. The van der Waals surface area contributed by atoms with Gasteiger partial charge in [0.05, 0.1) is 6.54 Å². The van der Waals surface area contributed by atoms with E-state index in [2.05, 4.69) is 27.4 Å². The molecule has 20 heavy (non-hydrogen) atoms. The van der Waals surface area contributed by atoms with Crippen LogP contribution in [0.4, 0.5) is 4.79 Å². The number of guanidine groups is 1. The van der Waals surface area contributed by atoms with Crippen molar-refractivity contribution in [3.8, 4) is 0 Å². The number of hydrogen-bond donors (Lipinski definition) is 2. The zero-order chi connectivity index (χ0) is 15.0. The van der Waals surface area contributed by atoms with Crippen molar-refractivity contribution < 1.29 is 9.53 Å². The summed E-state index contributed by atoms with van der Waals surface area (Å²) in [5.74, 6) is 0.990. The molecule has 0 atom stereocenters. The third kappa shape index (κ3) is 6.63. The maximum Gasteiger partial charge on any atom is 0.407 e. The summed E-state index contributed by atoms with van der Waals surface area (Å²) in [4.78, 5) is 18.2. The third-order valence-electron chi connectivity index (χ3n) is 2.72. The average molecular weight is 284 g/mol. The lowest BCUT2D eigenvalue weighted by molar-refractivity contribution is 0.0526. The second-order valence-corrected chi connectivity index (χ2v) is 5.90. The summed E-state index contributed by atoms with van der Waals surface area (Å²) in [6, 6.07) is 0. The highest BCUT2D eigenvalue weighted by Crippen LogP contribution is 2.06. The molecule has 0 aliphatic carbocycles. The number of aliphatic imine (C=N–C) groups is 1. The molecule has 0 unspecified atom stereocenters. The van der Waals surface area contributed by atoms with Crippen LogP contribution in [0.2, 0.25) is 0 Å². The normalized spacial score (nSPS) is 14.5. The molecule has 0 spiro atoms. The highest BCUT2D eigenvalue weighted by Gasteiger charge is 2.16. The van der Waals surface area contributed by atoms with E-state index in [-0.39, 0.29) is 6.09 Å². The molecule has 0 aromatic heterocycles. The van der Waals surface area contributed by atoms with Crippen LogP contribution < -0.4 is 10.6 Å². The van der Waals surface area contributed by atoms with E-state index in [0.717, 1.165) is 45.0 Å². The molecule has 0 radical (unpaired) electrons. The Morgan fingerprint density at radius 2 is 2.20 bits per heavy atom. The number of amides is 1. The molecule has 6 nitrogen and oxygen atoms in total. The van der Waals surface area contributed by atoms with E-state index in [1.54, 1.807) is 0 Å². The fourth-order valence-electron chi connectivity index (χ4n) is 1.97. The summed E-state index contributed by atoms with van der Waals surface area (Å²) < 4.78 is 5.19. The predicted octanol–water partition coefficient (Wildman–Crippen LogP) is 1.57. The minimum absolute atomic E-state index is 0.351. The van der Waals surface area contributed by atoms with E-state index in [1.165, 1.54) is 0 Å². The number of rotatable bonds is 6. The Balaban J connectivity index is 2.22. The summed E-state index contributed by atoms with van der Waals surface area (Å²) >= 11 is 0. The first-order valence-corrected chi connectivity index (χ1v) is 7.42. The maximum atomic E-state index is 11.5. The van der Waals surface area contributed by atoms with Crippen LogP contribution in [0.25, 0.3) is 0 Å². The Morgan fingerprint density at radius 1 is 1.45 bits per heavy atom. The van der Waals surface area contributed by atoms with Gasteiger partial charge < -0.3 is 20.3 Å². The summed E-state index contributed by atoms with van der Waals surface area (Å²) in [5.41, 5.74) is -0.444. The van der Waals surface area contributed by atoms with Gasteiger partial charge >= 0.3 is 6.09 Å². The van der Waals surface area contributed by atoms with Crippen LogP contribution in [0.15, 0.2) is 4.99 Å². The number of ether oxygens (including phenoxy) is 1. The van der Waals surface area contributed by atoms with Crippen molar-refractivity contribution >= 4 is 12.1 Å². The molecule has 0 bridgehead atoms. The van der Waals surface area contributed by atoms with Gasteiger partial charge in [-0.05, 0) is 33.6 Å². The first-order chi connectivity index (χ1) is 9.42. The van der Waals surface area contributed by atoms with Crippen LogP contribution in [0, 0.1) is 0 Å². The Morgan fingerprint density at radius 3 is 2.75 bits per heavy atom. The first-order valence-electron chi connectivity index (χ1n) is 7.42. The summed E-state index contributed by atoms with van der Waals surface area (Å²) in [7, 11) is 0. The summed E-state index contributed by atoms with van der Waals surface area (Å²) in [6.45, 7) is 12.0. The largest absolute Gasteiger partial charge is 0.444 e. The van der Waals surface area contributed by atoms with Crippen molar-refractivity contribution in [1.29, 1.82) is 0 Å². The van der Waals surface area contributed by atoms with Crippen LogP contribution in [0.1, 0.15) is 40.5 Å². The van der Waals surface area contributed by atoms with Crippen LogP contribution in [-0.4, -0.2) is 55.3 Å². The van der Waals surface area contributed by atoms with E-state index in [9.17, 15) is 4.79 Å². The molecule has 0 fully saturated rings. The molecular formula is C14H28N4O2. The van der Waals surface area contributed by atoms with E-state index < -0.39 is 5.60 Å². The molecule has 0 saturated carbocycles. The zero-order valence-corrected chi connectivity index (χ0v) is 13.2. The monoisotopic (exact) mass is 284 g/mol. The molecular weight excluding hydrogens is 256 g/mol. The summed E-state index contributed by atoms with van der Waals surface area (Å²) in [5, 5.41) is 6.07. The topological polar surface area (TPSA) is 66.0 Å². The van der Waals surface area contributed by atoms with Gasteiger partial charge in [0.2, 0.25) is 0 Å². The van der Waals surface area contributed by atoms with Crippen molar-refractivity contribution in [3.05, 3.63) is 0 Å². The average Bonchev–Trinajstić information content (AvgIpc) is 2.84. The smallest absolute Gasteiger partial charge is 0.407 e. The predicted molar refractivity (Wildman–Crippen MR) is 81.0 cm³/mol. The lowest BCUT2D eigenvalue weighted by atomic mass is 10.2. The van der Waals surface area contributed by atoms with Gasteiger partial charge in [0.15, 0.2) is 5.96 Å². The third-order valence-corrected chi connectivity index (χ3v) is 2.72. The minimum Gasteiger partial charge on any atom is -0.444 e. The SMILES string of the molecule is CCCN(CCCNC(=O)OC(C)(C)C)C1=NCCN1. The molecule has 116 valence electrons. The number of carbonyl (C=O) groups excluding carboxylic acids is 1. The minimum atomic E-state index is -0.444. The molecule has 1 aliphatic heterocycles. The van der Waals surface area contributed by atoms with Gasteiger partial charge in [0.1, 0.15) is 5.60 Å². The Kier molecular flexibility index (Phi) is 6.61. The fourth-order valence-corrected chi connectivity index (χ4v) is 1.97. The quantitative estimate of drug-likeness (QED) is 0.727. The van der Waals surface area contributed by atoms with Gasteiger partial charge in [-0.3, -0.25) is 4.99 Å². The van der Waals surface area contributed by atoms with Crippen molar-refractivity contribution in [1.82, 2.24) is 15.5 Å². The van der Waals surface area contributed by atoms with E-state index in [4.69, 9.17) is 4.74 Å². The van der Waals surface area contributed by atoms with Gasteiger partial charge in [-0.15, -0.1) is 0 Å². The van der Waals surface area contributed by atoms with Crippen molar-refractivity contribution in [2.75, 3.05) is 32.7 Å². The highest BCUT2D eigenvalue weighted by molar-refractivity contribution is 5.81. The molecule has 1 rings (SSSR count). The molecule has 1 heterocycles. The molecule has 0 aromatic carbocycles. The number of nitrogens with zero attached hydrogens (tertiary/aromatic N) is 2. The van der Waals surface area contributed by atoms with E-state index in [0.29, 0.717) is 6.54 Å². The van der Waals surface area contributed by atoms with Gasteiger partial charge in [-0.25, -0.2) is 4.79 Å². The standard InChI is InChI=1S/C14H28N4O2/c1-5-10-18(12-15-8-9-16-12)11-6-7-17-13(19)20-14(2,3)4/h5-11H2,1-4H3,(H,15,16)(H,17,19). The van der Waals surface area contributed by atoms with Gasteiger partial charge in [0.25, 0.3) is 0 Å². The Labute approximate surface area is 122 Å². The van der Waals surface area contributed by atoms with E-state index >= 15 is 0 Å². The van der Waals surface area contributed by atoms with Crippen molar-refractivity contribution in [3.63, 3.8) is 0 Å². The lowest BCUT2D eigenvalue weighted by Gasteiger charge is -2.24. The van der Waals surface area contributed by atoms with Crippen LogP contribution in [-0.2, 0) is 4.74 Å². The number of nitrogens with one attached hydrogen (secondary N) is 2. The summed E-state index contributed by atoms with van der Waals surface area (Å²) in [6.07, 6.45) is 1.61. The molecule has 1 aliphatic rings. The number of alkyl carbamates (subject to hydrolysis) is 1. The molecule has 1 amide bonds. The Bertz CT molecular complexity index is 337. The van der Waals surface area contributed by atoms with Crippen LogP contribution in [0.3, 0.4) is 0 Å². The van der Waals surface area contributed by atoms with Gasteiger partial charge in [-0.1, -0.05) is 6.92 Å².